The number of aliphatic hydroxyl groups excluding tert-OH is 1. The van der Waals surface area contributed by atoms with Crippen molar-refractivity contribution in [2.24, 2.45) is 0 Å². The average Bonchev–Trinajstić information content (AvgIpc) is 3.47. The second kappa shape index (κ2) is 10.8. The van der Waals surface area contributed by atoms with E-state index in [4.69, 9.17) is 18.9 Å². The Bertz CT molecular complexity index is 1490. The highest BCUT2D eigenvalue weighted by molar-refractivity contribution is 7.17. The molecular formula is C28H26N2O8S. The van der Waals surface area contributed by atoms with Gasteiger partial charge in [0.2, 0.25) is 0 Å². The lowest BCUT2D eigenvalue weighted by Crippen LogP contribution is -2.29. The number of esters is 1. The summed E-state index contributed by atoms with van der Waals surface area (Å²) in [6.45, 7) is 4.83. The predicted octanol–water partition coefficient (Wildman–Crippen LogP) is 4.42. The second-order valence-corrected chi connectivity index (χ2v) is 9.83. The summed E-state index contributed by atoms with van der Waals surface area (Å²) < 4.78 is 21.8. The Morgan fingerprint density at radius 3 is 2.67 bits per heavy atom. The van der Waals surface area contributed by atoms with Gasteiger partial charge in [0, 0.05) is 5.56 Å². The minimum atomic E-state index is -1.04. The highest BCUT2D eigenvalue weighted by atomic mass is 32.1. The third kappa shape index (κ3) is 4.81. The molecule has 1 fully saturated rings. The van der Waals surface area contributed by atoms with Gasteiger partial charge in [-0.25, -0.2) is 9.78 Å². The number of amides is 1. The van der Waals surface area contributed by atoms with E-state index in [1.807, 2.05) is 6.92 Å². The number of nitrogens with zero attached hydrogens (tertiary/aromatic N) is 2. The quantitative estimate of drug-likeness (QED) is 0.197. The van der Waals surface area contributed by atoms with Crippen LogP contribution in [0.15, 0.2) is 48.0 Å². The van der Waals surface area contributed by atoms with Gasteiger partial charge in [-0.1, -0.05) is 30.4 Å². The van der Waals surface area contributed by atoms with Gasteiger partial charge in [0.15, 0.2) is 16.6 Å². The van der Waals surface area contributed by atoms with Gasteiger partial charge in [-0.15, -0.1) is 0 Å². The van der Waals surface area contributed by atoms with Crippen molar-refractivity contribution in [3.8, 4) is 17.2 Å². The Balaban J connectivity index is 1.68. The Labute approximate surface area is 228 Å². The molecule has 0 aliphatic carbocycles. The smallest absolute Gasteiger partial charge is 0.350 e. The number of carbonyl (C=O) groups excluding carboxylic acids is 3. The Hall–Kier alpha value is -4.38. The normalized spacial score (nSPS) is 17.8. The lowest BCUT2D eigenvalue weighted by atomic mass is 9.95. The van der Waals surface area contributed by atoms with E-state index in [0.717, 1.165) is 17.8 Å². The Morgan fingerprint density at radius 2 is 1.92 bits per heavy atom. The first-order valence-electron chi connectivity index (χ1n) is 12.3. The molecule has 1 aromatic heterocycles. The summed E-state index contributed by atoms with van der Waals surface area (Å²) in [6.07, 6.45) is 0.793. The molecule has 1 N–H and O–H groups in total. The molecule has 2 aliphatic rings. The maximum atomic E-state index is 13.5. The van der Waals surface area contributed by atoms with Crippen molar-refractivity contribution in [1.82, 2.24) is 4.98 Å². The average molecular weight is 551 g/mol. The van der Waals surface area contributed by atoms with Gasteiger partial charge >= 0.3 is 11.9 Å². The SMILES string of the molecule is CCCOc1cccc(C2/C(=C(/O)c3ccc4c(c3)OCCO4)C(=O)C(=O)N2c2nc(C)c(C(=O)OC)s2)c1. The molecule has 0 spiro atoms. The molecule has 1 atom stereocenters. The minimum Gasteiger partial charge on any atom is -0.507 e. The number of anilines is 1. The molecule has 1 amide bonds. The zero-order chi connectivity index (χ0) is 27.7. The lowest BCUT2D eigenvalue weighted by Gasteiger charge is -2.24. The molecule has 0 radical (unpaired) electrons. The van der Waals surface area contributed by atoms with Crippen LogP contribution < -0.4 is 19.1 Å². The number of carbonyl (C=O) groups is 3. The number of hydrogen-bond acceptors (Lipinski definition) is 10. The summed E-state index contributed by atoms with van der Waals surface area (Å²) in [7, 11) is 1.25. The second-order valence-electron chi connectivity index (χ2n) is 8.85. The van der Waals surface area contributed by atoms with Crippen LogP contribution in [0.1, 0.15) is 45.9 Å². The van der Waals surface area contributed by atoms with E-state index < -0.39 is 23.7 Å². The number of aryl methyl sites for hydroxylation is 1. The van der Waals surface area contributed by atoms with E-state index >= 15 is 0 Å². The molecule has 1 unspecified atom stereocenters. The van der Waals surface area contributed by atoms with Crippen LogP contribution in [0.25, 0.3) is 5.76 Å². The monoisotopic (exact) mass is 550 g/mol. The highest BCUT2D eigenvalue weighted by Gasteiger charge is 2.48. The summed E-state index contributed by atoms with van der Waals surface area (Å²) in [5.41, 5.74) is 1.03. The van der Waals surface area contributed by atoms with Crippen LogP contribution in [0.5, 0.6) is 17.2 Å². The molecule has 2 aliphatic heterocycles. The number of fused-ring (bicyclic) bond motifs is 1. The van der Waals surface area contributed by atoms with Gasteiger partial charge in [0.25, 0.3) is 5.78 Å². The van der Waals surface area contributed by atoms with Gasteiger partial charge in [0.05, 0.1) is 31.0 Å². The van der Waals surface area contributed by atoms with Crippen LogP contribution in [0.3, 0.4) is 0 Å². The first kappa shape index (κ1) is 26.2. The fraction of sp³-hybridized carbons (Fsp3) is 0.286. The zero-order valence-corrected chi connectivity index (χ0v) is 22.4. The molecule has 3 aromatic rings. The molecule has 11 heteroatoms. The first-order valence-corrected chi connectivity index (χ1v) is 13.1. The molecule has 0 saturated carbocycles. The van der Waals surface area contributed by atoms with Crippen molar-refractivity contribution in [3.05, 3.63) is 69.7 Å². The van der Waals surface area contributed by atoms with E-state index in [1.165, 1.54) is 12.0 Å². The number of ether oxygens (including phenoxy) is 4. The van der Waals surface area contributed by atoms with Gasteiger partial charge in [-0.05, 0) is 49.2 Å². The summed E-state index contributed by atoms with van der Waals surface area (Å²) in [4.78, 5) is 45.1. The lowest BCUT2D eigenvalue weighted by molar-refractivity contribution is -0.132. The third-order valence-electron chi connectivity index (χ3n) is 6.27. The Kier molecular flexibility index (Phi) is 7.25. The fourth-order valence-electron chi connectivity index (χ4n) is 4.45. The fourth-order valence-corrected chi connectivity index (χ4v) is 5.46. The van der Waals surface area contributed by atoms with Crippen molar-refractivity contribution in [3.63, 3.8) is 0 Å². The van der Waals surface area contributed by atoms with Crippen LogP contribution in [0, 0.1) is 6.92 Å². The molecular weight excluding hydrogens is 524 g/mol. The van der Waals surface area contributed by atoms with Gasteiger partial charge in [0.1, 0.15) is 29.6 Å². The third-order valence-corrected chi connectivity index (χ3v) is 7.41. The molecule has 3 heterocycles. The van der Waals surface area contributed by atoms with Crippen molar-refractivity contribution in [1.29, 1.82) is 0 Å². The molecule has 1 saturated heterocycles. The van der Waals surface area contributed by atoms with Crippen molar-refractivity contribution in [2.45, 2.75) is 26.3 Å². The summed E-state index contributed by atoms with van der Waals surface area (Å²) in [5, 5.41) is 11.6. The van der Waals surface area contributed by atoms with Crippen LogP contribution in [-0.4, -0.2) is 54.7 Å². The number of thiazole rings is 1. The number of hydrogen-bond donors (Lipinski definition) is 1. The zero-order valence-electron chi connectivity index (χ0n) is 21.6. The topological polar surface area (TPSA) is 124 Å². The van der Waals surface area contributed by atoms with Crippen LogP contribution in [0.4, 0.5) is 5.13 Å². The summed E-state index contributed by atoms with van der Waals surface area (Å²) in [6, 6.07) is 10.7. The van der Waals surface area contributed by atoms with Crippen molar-refractivity contribution in [2.75, 3.05) is 31.8 Å². The number of methoxy groups -OCH3 is 1. The van der Waals surface area contributed by atoms with Crippen molar-refractivity contribution < 1.29 is 38.4 Å². The number of rotatable bonds is 7. The summed E-state index contributed by atoms with van der Waals surface area (Å²) in [5.74, 6) is -1.27. The number of Topliss-reactive ketones (excluding diaryl/α,β-unsaturated/α-hetero) is 1. The molecule has 2 aromatic carbocycles. The summed E-state index contributed by atoms with van der Waals surface area (Å²) >= 11 is 0.935. The van der Waals surface area contributed by atoms with E-state index in [9.17, 15) is 19.5 Å². The molecule has 202 valence electrons. The largest absolute Gasteiger partial charge is 0.507 e. The number of benzene rings is 2. The van der Waals surface area contributed by atoms with Gasteiger partial charge in [-0.3, -0.25) is 14.5 Å². The number of aromatic nitrogens is 1. The number of aliphatic hydroxyl groups is 1. The maximum Gasteiger partial charge on any atom is 0.350 e. The van der Waals surface area contributed by atoms with Gasteiger partial charge < -0.3 is 24.1 Å². The Morgan fingerprint density at radius 1 is 1.15 bits per heavy atom. The van der Waals surface area contributed by atoms with E-state index in [2.05, 4.69) is 4.98 Å². The molecule has 10 nitrogen and oxygen atoms in total. The van der Waals surface area contributed by atoms with Crippen LogP contribution >= 0.6 is 11.3 Å². The predicted molar refractivity (Wildman–Crippen MR) is 143 cm³/mol. The van der Waals surface area contributed by atoms with E-state index in [-0.39, 0.29) is 26.9 Å². The van der Waals surface area contributed by atoms with Crippen molar-refractivity contribution >= 4 is 39.9 Å². The van der Waals surface area contributed by atoms with E-state index in [1.54, 1.807) is 49.4 Å². The van der Waals surface area contributed by atoms with E-state index in [0.29, 0.717) is 48.3 Å². The molecule has 0 bridgehead atoms. The number of ketones is 1. The maximum absolute atomic E-state index is 13.5. The highest BCUT2D eigenvalue weighted by Crippen LogP contribution is 2.45. The van der Waals surface area contributed by atoms with Gasteiger partial charge in [-0.2, -0.15) is 0 Å². The molecule has 39 heavy (non-hydrogen) atoms. The first-order chi connectivity index (χ1) is 18.8. The molecule has 5 rings (SSSR count). The standard InChI is InChI=1S/C28H26N2O8S/c1-4-10-36-18-7-5-6-16(13-18)22-21(23(31)17-8-9-19-20(14-17)38-12-11-37-19)24(32)26(33)30(22)28-29-15(2)25(39-28)27(34)35-3/h5-9,13-14,22,31H,4,10-12H2,1-3H3/b23-21-. The van der Waals surface area contributed by atoms with Crippen LogP contribution in [-0.2, 0) is 14.3 Å². The minimum absolute atomic E-state index is 0.126. The van der Waals surface area contributed by atoms with Crippen LogP contribution in [0.2, 0.25) is 0 Å².